The molecule has 0 aliphatic heterocycles. The molecule has 0 heterocycles. The second-order valence-electron chi connectivity index (χ2n) is 3.96. The van der Waals surface area contributed by atoms with E-state index in [0.717, 1.165) is 5.56 Å². The van der Waals surface area contributed by atoms with Crippen molar-refractivity contribution >= 4 is 5.97 Å². The molecule has 4 heteroatoms. The van der Waals surface area contributed by atoms with E-state index in [1.807, 2.05) is 0 Å². The van der Waals surface area contributed by atoms with Gasteiger partial charge in [-0.3, -0.25) is 0 Å². The van der Waals surface area contributed by atoms with Crippen molar-refractivity contribution in [3.8, 4) is 16.9 Å². The number of phenolic OH excluding ortho intramolecular Hbond substituents is 1. The third-order valence-corrected chi connectivity index (χ3v) is 2.67. The van der Waals surface area contributed by atoms with Gasteiger partial charge in [0.1, 0.15) is 11.6 Å². The zero-order valence-corrected chi connectivity index (χ0v) is 10.4. The van der Waals surface area contributed by atoms with Gasteiger partial charge < -0.3 is 9.84 Å². The van der Waals surface area contributed by atoms with E-state index in [-0.39, 0.29) is 17.9 Å². The Kier molecular flexibility index (Phi) is 3.80. The summed E-state index contributed by atoms with van der Waals surface area (Å²) in [6, 6.07) is 10.7. The van der Waals surface area contributed by atoms with E-state index in [2.05, 4.69) is 0 Å². The van der Waals surface area contributed by atoms with Crippen LogP contribution >= 0.6 is 0 Å². The number of hydrogen-bond acceptors (Lipinski definition) is 3. The maximum atomic E-state index is 13.8. The van der Waals surface area contributed by atoms with Crippen LogP contribution in [0, 0.1) is 5.82 Å². The molecule has 2 aromatic rings. The van der Waals surface area contributed by atoms with Gasteiger partial charge in [-0.2, -0.15) is 0 Å². The van der Waals surface area contributed by atoms with E-state index in [1.54, 1.807) is 25.1 Å². The van der Waals surface area contributed by atoms with Gasteiger partial charge >= 0.3 is 5.97 Å². The van der Waals surface area contributed by atoms with Gasteiger partial charge in [-0.05, 0) is 42.3 Å². The molecule has 0 spiro atoms. The van der Waals surface area contributed by atoms with Crippen LogP contribution in [0.3, 0.4) is 0 Å². The van der Waals surface area contributed by atoms with Gasteiger partial charge in [0.25, 0.3) is 0 Å². The van der Waals surface area contributed by atoms with Crippen molar-refractivity contribution < 1.29 is 19.0 Å². The summed E-state index contributed by atoms with van der Waals surface area (Å²) in [5.41, 5.74) is 1.31. The normalized spacial score (nSPS) is 10.2. The number of ether oxygens (including phenoxy) is 1. The fourth-order valence-corrected chi connectivity index (χ4v) is 1.72. The van der Waals surface area contributed by atoms with Crippen molar-refractivity contribution in [1.29, 1.82) is 0 Å². The quantitative estimate of drug-likeness (QED) is 0.860. The third kappa shape index (κ3) is 2.91. The Morgan fingerprint density at radius 1 is 1.16 bits per heavy atom. The van der Waals surface area contributed by atoms with E-state index in [4.69, 9.17) is 4.74 Å². The van der Waals surface area contributed by atoms with Gasteiger partial charge in [0.15, 0.2) is 0 Å². The number of esters is 1. The first kappa shape index (κ1) is 13.1. The minimum Gasteiger partial charge on any atom is -0.508 e. The lowest BCUT2D eigenvalue weighted by atomic mass is 10.0. The van der Waals surface area contributed by atoms with E-state index in [0.29, 0.717) is 5.56 Å². The second-order valence-corrected chi connectivity index (χ2v) is 3.96. The molecule has 2 rings (SSSR count). The fourth-order valence-electron chi connectivity index (χ4n) is 1.72. The Labute approximate surface area is 110 Å². The molecule has 19 heavy (non-hydrogen) atoms. The van der Waals surface area contributed by atoms with Crippen molar-refractivity contribution in [2.24, 2.45) is 0 Å². The van der Waals surface area contributed by atoms with Crippen molar-refractivity contribution in [3.63, 3.8) is 0 Å². The molecule has 0 atom stereocenters. The number of benzene rings is 2. The summed E-state index contributed by atoms with van der Waals surface area (Å²) < 4.78 is 18.6. The van der Waals surface area contributed by atoms with Crippen LogP contribution in [0.1, 0.15) is 17.3 Å². The molecule has 0 radical (unpaired) electrons. The van der Waals surface area contributed by atoms with Crippen LogP contribution in [0.25, 0.3) is 11.1 Å². The van der Waals surface area contributed by atoms with Gasteiger partial charge in [-0.1, -0.05) is 18.2 Å². The summed E-state index contributed by atoms with van der Waals surface area (Å²) in [6.07, 6.45) is 0. The number of aromatic hydroxyl groups is 1. The van der Waals surface area contributed by atoms with Crippen LogP contribution in [0.15, 0.2) is 42.5 Å². The largest absolute Gasteiger partial charge is 0.508 e. The molecule has 0 bridgehead atoms. The molecule has 2 aromatic carbocycles. The summed E-state index contributed by atoms with van der Waals surface area (Å²) in [7, 11) is 0. The minimum atomic E-state index is -0.669. The average molecular weight is 260 g/mol. The Morgan fingerprint density at radius 2 is 1.79 bits per heavy atom. The lowest BCUT2D eigenvalue weighted by Gasteiger charge is -2.06. The lowest BCUT2D eigenvalue weighted by Crippen LogP contribution is -2.07. The van der Waals surface area contributed by atoms with E-state index in [1.165, 1.54) is 24.3 Å². The Bertz CT molecular complexity index is 591. The van der Waals surface area contributed by atoms with Crippen LogP contribution < -0.4 is 0 Å². The maximum Gasteiger partial charge on any atom is 0.341 e. The van der Waals surface area contributed by atoms with E-state index < -0.39 is 11.8 Å². The van der Waals surface area contributed by atoms with Gasteiger partial charge in [-0.15, -0.1) is 0 Å². The topological polar surface area (TPSA) is 46.5 Å². The molecule has 0 aromatic heterocycles. The molecule has 0 saturated heterocycles. The van der Waals surface area contributed by atoms with Crippen molar-refractivity contribution in [3.05, 3.63) is 53.8 Å². The maximum absolute atomic E-state index is 13.8. The number of rotatable bonds is 3. The molecular formula is C15H13FO3. The smallest absolute Gasteiger partial charge is 0.341 e. The first-order valence-electron chi connectivity index (χ1n) is 5.88. The molecule has 0 fully saturated rings. The van der Waals surface area contributed by atoms with Crippen LogP contribution in [-0.2, 0) is 4.74 Å². The first-order valence-corrected chi connectivity index (χ1v) is 5.88. The average Bonchev–Trinajstić information content (AvgIpc) is 2.39. The zero-order valence-electron chi connectivity index (χ0n) is 10.4. The van der Waals surface area contributed by atoms with Gasteiger partial charge in [-0.25, -0.2) is 9.18 Å². The molecule has 98 valence electrons. The number of hydrogen-bond donors (Lipinski definition) is 1. The molecule has 3 nitrogen and oxygen atoms in total. The fraction of sp³-hybridized carbons (Fsp3) is 0.133. The molecule has 0 amide bonds. The van der Waals surface area contributed by atoms with Crippen molar-refractivity contribution in [1.82, 2.24) is 0 Å². The summed E-state index contributed by atoms with van der Waals surface area (Å²) in [5, 5.41) is 9.20. The number of carbonyl (C=O) groups excluding carboxylic acids is 1. The number of carbonyl (C=O) groups is 1. The van der Waals surface area contributed by atoms with E-state index in [9.17, 15) is 14.3 Å². The molecule has 0 unspecified atom stereocenters. The number of phenols is 1. The van der Waals surface area contributed by atoms with Gasteiger partial charge in [0, 0.05) is 0 Å². The molecular weight excluding hydrogens is 247 g/mol. The summed E-state index contributed by atoms with van der Waals surface area (Å²) in [6.45, 7) is 1.87. The summed E-state index contributed by atoms with van der Waals surface area (Å²) >= 11 is 0. The van der Waals surface area contributed by atoms with Crippen LogP contribution in [0.5, 0.6) is 5.75 Å². The molecule has 1 N–H and O–H groups in total. The highest BCUT2D eigenvalue weighted by Crippen LogP contribution is 2.24. The monoisotopic (exact) mass is 260 g/mol. The first-order chi connectivity index (χ1) is 9.11. The van der Waals surface area contributed by atoms with E-state index >= 15 is 0 Å². The highest BCUT2D eigenvalue weighted by Gasteiger charge is 2.13. The Balaban J connectivity index is 2.33. The third-order valence-electron chi connectivity index (χ3n) is 2.67. The van der Waals surface area contributed by atoms with Gasteiger partial charge in [0.2, 0.25) is 0 Å². The van der Waals surface area contributed by atoms with Crippen LogP contribution in [-0.4, -0.2) is 17.7 Å². The second kappa shape index (κ2) is 5.52. The van der Waals surface area contributed by atoms with Gasteiger partial charge in [0.05, 0.1) is 12.2 Å². The van der Waals surface area contributed by atoms with Crippen molar-refractivity contribution in [2.45, 2.75) is 6.92 Å². The van der Waals surface area contributed by atoms with Crippen LogP contribution in [0.4, 0.5) is 4.39 Å². The standard InChI is InChI=1S/C15H13FO3/c1-2-19-15(18)13-8-5-11(9-14(13)16)10-3-6-12(17)7-4-10/h3-9,17H,2H2,1H3. The zero-order chi connectivity index (χ0) is 13.8. The minimum absolute atomic E-state index is 0.0793. The Hall–Kier alpha value is -2.36. The Morgan fingerprint density at radius 3 is 2.37 bits per heavy atom. The SMILES string of the molecule is CCOC(=O)c1ccc(-c2ccc(O)cc2)cc1F. The summed E-state index contributed by atoms with van der Waals surface area (Å²) in [5.74, 6) is -1.14. The highest BCUT2D eigenvalue weighted by molar-refractivity contribution is 5.90. The predicted molar refractivity (Wildman–Crippen MR) is 69.5 cm³/mol. The summed E-state index contributed by atoms with van der Waals surface area (Å²) in [4.78, 5) is 11.5. The predicted octanol–water partition coefficient (Wildman–Crippen LogP) is 3.38. The highest BCUT2D eigenvalue weighted by atomic mass is 19.1. The molecule has 0 saturated carbocycles. The number of halogens is 1. The lowest BCUT2D eigenvalue weighted by molar-refractivity contribution is 0.0521. The van der Waals surface area contributed by atoms with Crippen LogP contribution in [0.2, 0.25) is 0 Å². The molecule has 0 aliphatic rings. The molecule has 0 aliphatic carbocycles. The van der Waals surface area contributed by atoms with Crippen molar-refractivity contribution in [2.75, 3.05) is 6.61 Å².